The Balaban J connectivity index is 1.27. The summed E-state index contributed by atoms with van der Waals surface area (Å²) < 4.78 is 11.9. The molecule has 52 heavy (non-hydrogen) atoms. The number of phenols is 2. The molecule has 1 saturated heterocycles. The molecule has 4 aliphatic rings. The maximum absolute atomic E-state index is 14.3. The molecule has 3 aromatic carbocycles. The van der Waals surface area contributed by atoms with Gasteiger partial charge in [-0.3, -0.25) is 19.7 Å². The molecule has 4 aliphatic heterocycles. The van der Waals surface area contributed by atoms with E-state index in [1.165, 1.54) is 29.2 Å². The maximum atomic E-state index is 14.3. The second-order valence-electron chi connectivity index (χ2n) is 13.4. The zero-order valence-corrected chi connectivity index (χ0v) is 27.9. The number of carboxylic acid groups (broad SMARTS) is 1. The predicted octanol–water partition coefficient (Wildman–Crippen LogP) is 1.85. The molecule has 3 aromatic rings. The number of aliphatic hydroxyl groups excluding tert-OH is 4. The molecule has 272 valence electrons. The predicted molar refractivity (Wildman–Crippen MR) is 188 cm³/mol. The van der Waals surface area contributed by atoms with Gasteiger partial charge in [-0.25, -0.2) is 4.79 Å². The van der Waals surface area contributed by atoms with Crippen LogP contribution in [0.2, 0.25) is 0 Å². The minimum atomic E-state index is -1.97. The number of anilines is 1. The van der Waals surface area contributed by atoms with Gasteiger partial charge < -0.3 is 45.2 Å². The van der Waals surface area contributed by atoms with Crippen molar-refractivity contribution in [3.8, 4) is 17.2 Å². The molecule has 1 amide bonds. The lowest BCUT2D eigenvalue weighted by Crippen LogP contribution is -2.68. The Morgan fingerprint density at radius 3 is 2.52 bits per heavy atom. The van der Waals surface area contributed by atoms with Crippen LogP contribution in [0.3, 0.4) is 0 Å². The number of rotatable bonds is 9. The number of fused-ring (bicyclic) bond motifs is 3. The van der Waals surface area contributed by atoms with Crippen LogP contribution in [-0.2, 0) is 33.6 Å². The van der Waals surface area contributed by atoms with Crippen molar-refractivity contribution in [3.63, 3.8) is 0 Å². The van der Waals surface area contributed by atoms with Gasteiger partial charge in [0, 0.05) is 42.2 Å². The Morgan fingerprint density at radius 1 is 1.02 bits per heavy atom. The summed E-state index contributed by atoms with van der Waals surface area (Å²) in [5.74, 6) is -5.13. The highest BCUT2D eigenvalue weighted by molar-refractivity contribution is 6.32. The van der Waals surface area contributed by atoms with E-state index in [9.17, 15) is 45.3 Å². The van der Waals surface area contributed by atoms with E-state index in [1.54, 1.807) is 18.3 Å². The number of ether oxygens (including phenoxy) is 2. The highest BCUT2D eigenvalue weighted by atomic mass is 16.7. The fourth-order valence-electron chi connectivity index (χ4n) is 7.67. The number of aromatic hydroxyl groups is 2. The van der Waals surface area contributed by atoms with Gasteiger partial charge in [0.1, 0.15) is 42.9 Å². The SMILES string of the molecule is O=C(O)[C@H]1[C@H](CCc2ccccc2)c2cc(O)c3c(c2N1C(=O)C=Cc1ccc(O)c(CC2=NCN=C2)c1)CC[C@@]1(O3)O[C@H](CO)[C@@H](O)[C@H](O)[C@H]1O. The molecule has 4 heterocycles. The van der Waals surface area contributed by atoms with Crippen molar-refractivity contribution >= 4 is 35.6 Å². The number of amides is 1. The van der Waals surface area contributed by atoms with Crippen LogP contribution < -0.4 is 9.64 Å². The first kappa shape index (κ1) is 35.3. The Labute approximate surface area is 298 Å². The number of carbonyl (C=O) groups is 2. The number of hydrogen-bond donors (Lipinski definition) is 7. The first-order valence-corrected chi connectivity index (χ1v) is 17.0. The van der Waals surface area contributed by atoms with Crippen LogP contribution in [0.15, 0.2) is 70.7 Å². The summed E-state index contributed by atoms with van der Waals surface area (Å²) in [5, 5.41) is 74.3. The van der Waals surface area contributed by atoms with Crippen LogP contribution in [0.1, 0.15) is 46.6 Å². The van der Waals surface area contributed by atoms with Gasteiger partial charge in [0.2, 0.25) is 5.79 Å². The number of phenolic OH excluding ortho intramolecular Hbond substituents is 2. The Bertz CT molecular complexity index is 1960. The highest BCUT2D eigenvalue weighted by Crippen LogP contribution is 2.55. The normalized spacial score (nSPS) is 27.8. The van der Waals surface area contributed by atoms with Crippen molar-refractivity contribution in [3.05, 3.63) is 88.5 Å². The molecule has 14 heteroatoms. The zero-order chi connectivity index (χ0) is 36.7. The third kappa shape index (κ3) is 6.33. The van der Waals surface area contributed by atoms with Crippen LogP contribution in [-0.4, -0.2) is 109 Å². The molecular weight excluding hydrogens is 674 g/mol. The number of hydrogen-bond acceptors (Lipinski definition) is 12. The summed E-state index contributed by atoms with van der Waals surface area (Å²) in [5.41, 5.74) is 3.79. The molecular formula is C38H39N3O11. The van der Waals surface area contributed by atoms with Crippen molar-refractivity contribution in [2.75, 3.05) is 18.2 Å². The topological polar surface area (TPSA) is 222 Å². The van der Waals surface area contributed by atoms with Crippen molar-refractivity contribution in [2.45, 2.75) is 74.3 Å². The highest BCUT2D eigenvalue weighted by Gasteiger charge is 2.58. The van der Waals surface area contributed by atoms with E-state index in [-0.39, 0.29) is 30.0 Å². The number of benzene rings is 3. The van der Waals surface area contributed by atoms with Crippen LogP contribution in [0.5, 0.6) is 17.2 Å². The first-order chi connectivity index (χ1) is 25.0. The van der Waals surface area contributed by atoms with Gasteiger partial charge in [-0.15, -0.1) is 0 Å². The van der Waals surface area contributed by atoms with Crippen molar-refractivity contribution < 1.29 is 54.8 Å². The molecule has 0 radical (unpaired) electrons. The molecule has 7 N–H and O–H groups in total. The van der Waals surface area contributed by atoms with Gasteiger partial charge >= 0.3 is 5.97 Å². The number of carboxylic acids is 1. The number of aliphatic imine (C=N–C) groups is 2. The summed E-state index contributed by atoms with van der Waals surface area (Å²) in [6.45, 7) is -0.365. The van der Waals surface area contributed by atoms with E-state index in [0.717, 1.165) is 5.56 Å². The zero-order valence-electron chi connectivity index (χ0n) is 27.9. The van der Waals surface area contributed by atoms with Crippen LogP contribution in [0.4, 0.5) is 5.69 Å². The average Bonchev–Trinajstić information content (AvgIpc) is 3.78. The first-order valence-electron chi connectivity index (χ1n) is 17.0. The second kappa shape index (κ2) is 14.1. The summed E-state index contributed by atoms with van der Waals surface area (Å²) in [6.07, 6.45) is -1.01. The Morgan fingerprint density at radius 2 is 1.81 bits per heavy atom. The summed E-state index contributed by atoms with van der Waals surface area (Å²) in [7, 11) is 0. The van der Waals surface area contributed by atoms with Crippen LogP contribution in [0.25, 0.3) is 6.08 Å². The van der Waals surface area contributed by atoms with Gasteiger partial charge in [0.25, 0.3) is 5.91 Å². The van der Waals surface area contributed by atoms with E-state index in [1.807, 2.05) is 30.3 Å². The van der Waals surface area contributed by atoms with Gasteiger partial charge in [-0.05, 0) is 60.2 Å². The van der Waals surface area contributed by atoms with Crippen molar-refractivity contribution in [1.29, 1.82) is 0 Å². The lowest BCUT2D eigenvalue weighted by atomic mass is 9.84. The molecule has 14 nitrogen and oxygen atoms in total. The molecule has 7 rings (SSSR count). The molecule has 1 spiro atoms. The summed E-state index contributed by atoms with van der Waals surface area (Å²) in [4.78, 5) is 36.9. The van der Waals surface area contributed by atoms with Crippen molar-refractivity contribution in [2.24, 2.45) is 9.98 Å². The second-order valence-corrected chi connectivity index (χ2v) is 13.4. The van der Waals surface area contributed by atoms with Gasteiger partial charge in [-0.1, -0.05) is 36.4 Å². The minimum Gasteiger partial charge on any atom is -0.508 e. The van der Waals surface area contributed by atoms with E-state index < -0.39 is 66.4 Å². The summed E-state index contributed by atoms with van der Waals surface area (Å²) >= 11 is 0. The number of nitrogens with zero attached hydrogens (tertiary/aromatic N) is 3. The third-order valence-electron chi connectivity index (χ3n) is 10.3. The maximum Gasteiger partial charge on any atom is 0.327 e. The van der Waals surface area contributed by atoms with E-state index >= 15 is 0 Å². The lowest BCUT2D eigenvalue weighted by Gasteiger charge is -2.50. The molecule has 0 bridgehead atoms. The van der Waals surface area contributed by atoms with Crippen molar-refractivity contribution in [1.82, 2.24) is 0 Å². The number of aliphatic hydroxyl groups is 4. The van der Waals surface area contributed by atoms with Gasteiger partial charge in [0.15, 0.2) is 11.5 Å². The molecule has 1 fully saturated rings. The molecule has 0 unspecified atom stereocenters. The largest absolute Gasteiger partial charge is 0.508 e. The van der Waals surface area contributed by atoms with Gasteiger partial charge in [0.05, 0.1) is 18.0 Å². The lowest BCUT2D eigenvalue weighted by molar-refractivity contribution is -0.342. The monoisotopic (exact) mass is 713 g/mol. The number of aliphatic carboxylic acids is 1. The summed E-state index contributed by atoms with van der Waals surface area (Å²) in [6, 6.07) is 14.3. The van der Waals surface area contributed by atoms with Gasteiger partial charge in [-0.2, -0.15) is 0 Å². The Hall–Kier alpha value is -5.12. The molecule has 0 saturated carbocycles. The van der Waals surface area contributed by atoms with E-state index in [4.69, 9.17) is 9.47 Å². The number of carbonyl (C=O) groups excluding carboxylic acids is 1. The minimum absolute atomic E-state index is 0.00381. The fourth-order valence-corrected chi connectivity index (χ4v) is 7.67. The van der Waals surface area contributed by atoms with E-state index in [2.05, 4.69) is 9.98 Å². The third-order valence-corrected chi connectivity index (χ3v) is 10.3. The quantitative estimate of drug-likeness (QED) is 0.159. The molecule has 0 aliphatic carbocycles. The standard InChI is InChI=1S/C38H39N3O11/c42-18-29-33(46)34(47)36(48)38(51-29)13-12-25-31-26(16-28(44)35(25)52-38)24(9-6-20-4-2-1-3-5-20)32(37(49)50)41(31)30(45)11-8-21-7-10-27(43)22(14-21)15-23-17-39-19-40-23/h1-5,7-8,10-11,14,16-17,24,29,32-34,36,42-44,46-48H,6,9,12-13,15,18-19H2,(H,49,50)/t24-,29-,32-,33-,34+,36-,38+/m1/s1. The fraction of sp³-hybridized carbons (Fsp3) is 0.368. The van der Waals surface area contributed by atoms with Crippen LogP contribution >= 0.6 is 0 Å². The molecule has 0 aromatic heterocycles. The smallest absolute Gasteiger partial charge is 0.327 e. The Kier molecular flexibility index (Phi) is 9.59. The number of aryl methyl sites for hydroxylation is 1. The average molecular weight is 714 g/mol. The van der Waals surface area contributed by atoms with Crippen LogP contribution in [0, 0.1) is 0 Å². The van der Waals surface area contributed by atoms with E-state index in [0.29, 0.717) is 53.9 Å². The molecule has 7 atom stereocenters.